The Balaban J connectivity index is 2.68. The number of hydrogen-bond acceptors (Lipinski definition) is 1. The van der Waals surface area contributed by atoms with E-state index in [1.54, 1.807) is 6.07 Å². The highest BCUT2D eigenvalue weighted by Gasteiger charge is 2.14. The molecule has 0 unspecified atom stereocenters. The van der Waals surface area contributed by atoms with Gasteiger partial charge in [0.2, 0.25) is 0 Å². The van der Waals surface area contributed by atoms with Gasteiger partial charge in [-0.05, 0) is 11.6 Å². The van der Waals surface area contributed by atoms with Gasteiger partial charge in [-0.3, -0.25) is 0 Å². The van der Waals surface area contributed by atoms with Crippen LogP contribution in [0.2, 0.25) is 15.1 Å². The van der Waals surface area contributed by atoms with Gasteiger partial charge in [0.05, 0.1) is 10.0 Å². The standard InChI is InChI=1S/C12H7Cl3O/c13-9-6-8(7-4-2-1-3-5-7)10(14)11(15)12(9)16/h1-6,16H. The van der Waals surface area contributed by atoms with Gasteiger partial charge in [0, 0.05) is 5.56 Å². The molecule has 16 heavy (non-hydrogen) atoms. The van der Waals surface area contributed by atoms with Crippen LogP contribution in [0.4, 0.5) is 0 Å². The van der Waals surface area contributed by atoms with Crippen molar-refractivity contribution in [2.45, 2.75) is 0 Å². The smallest absolute Gasteiger partial charge is 0.154 e. The predicted octanol–water partition coefficient (Wildman–Crippen LogP) is 5.02. The minimum atomic E-state index is -0.187. The van der Waals surface area contributed by atoms with Crippen molar-refractivity contribution in [1.82, 2.24) is 0 Å². The second-order valence-corrected chi connectivity index (χ2v) is 4.41. The average molecular weight is 274 g/mol. The minimum absolute atomic E-state index is 0.0769. The highest BCUT2D eigenvalue weighted by atomic mass is 35.5. The van der Waals surface area contributed by atoms with Crippen molar-refractivity contribution < 1.29 is 5.11 Å². The second-order valence-electron chi connectivity index (χ2n) is 3.25. The maximum Gasteiger partial charge on any atom is 0.154 e. The summed E-state index contributed by atoms with van der Waals surface area (Å²) < 4.78 is 0. The lowest BCUT2D eigenvalue weighted by Gasteiger charge is -2.09. The monoisotopic (exact) mass is 272 g/mol. The fraction of sp³-hybridized carbons (Fsp3) is 0. The summed E-state index contributed by atoms with van der Waals surface area (Å²) in [6.45, 7) is 0. The Morgan fingerprint density at radius 1 is 0.875 bits per heavy atom. The maximum atomic E-state index is 9.51. The second kappa shape index (κ2) is 4.54. The zero-order valence-electron chi connectivity index (χ0n) is 8.05. The molecule has 0 amide bonds. The molecule has 2 aromatic carbocycles. The molecule has 0 atom stereocenters. The van der Waals surface area contributed by atoms with Crippen LogP contribution in [0.15, 0.2) is 36.4 Å². The third kappa shape index (κ3) is 1.99. The van der Waals surface area contributed by atoms with E-state index in [2.05, 4.69) is 0 Å². The van der Waals surface area contributed by atoms with Gasteiger partial charge in [-0.2, -0.15) is 0 Å². The van der Waals surface area contributed by atoms with Gasteiger partial charge >= 0.3 is 0 Å². The lowest BCUT2D eigenvalue weighted by molar-refractivity contribution is 0.476. The molecule has 82 valence electrons. The van der Waals surface area contributed by atoms with Crippen LogP contribution in [0.1, 0.15) is 0 Å². The van der Waals surface area contributed by atoms with Crippen molar-refractivity contribution in [3.8, 4) is 16.9 Å². The molecule has 0 aliphatic carbocycles. The Labute approximate surface area is 108 Å². The van der Waals surface area contributed by atoms with E-state index >= 15 is 0 Å². The maximum absolute atomic E-state index is 9.51. The van der Waals surface area contributed by atoms with Gasteiger partial charge in [-0.1, -0.05) is 65.1 Å². The van der Waals surface area contributed by atoms with Gasteiger partial charge in [0.25, 0.3) is 0 Å². The lowest BCUT2D eigenvalue weighted by Crippen LogP contribution is -1.82. The summed E-state index contributed by atoms with van der Waals surface area (Å²) in [5.74, 6) is -0.187. The molecule has 2 aromatic rings. The van der Waals surface area contributed by atoms with Crippen molar-refractivity contribution in [3.05, 3.63) is 51.5 Å². The van der Waals surface area contributed by atoms with E-state index in [4.69, 9.17) is 34.8 Å². The molecule has 0 fully saturated rings. The largest absolute Gasteiger partial charge is 0.505 e. The molecule has 4 heteroatoms. The summed E-state index contributed by atoms with van der Waals surface area (Å²) in [7, 11) is 0. The molecule has 0 radical (unpaired) electrons. The molecule has 0 saturated carbocycles. The van der Waals surface area contributed by atoms with Gasteiger partial charge in [0.15, 0.2) is 5.75 Å². The molecule has 1 nitrogen and oxygen atoms in total. The number of rotatable bonds is 1. The first-order chi connectivity index (χ1) is 7.61. The lowest BCUT2D eigenvalue weighted by atomic mass is 10.1. The normalized spacial score (nSPS) is 10.4. The van der Waals surface area contributed by atoms with Gasteiger partial charge in [-0.25, -0.2) is 0 Å². The Bertz CT molecular complexity index is 524. The minimum Gasteiger partial charge on any atom is -0.505 e. The van der Waals surface area contributed by atoms with E-state index < -0.39 is 0 Å². The van der Waals surface area contributed by atoms with Crippen LogP contribution in [0.5, 0.6) is 5.75 Å². The van der Waals surface area contributed by atoms with E-state index in [1.807, 2.05) is 30.3 Å². The number of aromatic hydroxyl groups is 1. The summed E-state index contributed by atoms with van der Waals surface area (Å²) in [6, 6.07) is 11.1. The average Bonchev–Trinajstić information content (AvgIpc) is 2.32. The molecule has 1 N–H and O–H groups in total. The summed E-state index contributed by atoms with van der Waals surface area (Å²) >= 11 is 17.8. The number of benzene rings is 2. The highest BCUT2D eigenvalue weighted by Crippen LogP contribution is 2.43. The van der Waals surface area contributed by atoms with E-state index in [0.717, 1.165) is 5.56 Å². The predicted molar refractivity (Wildman–Crippen MR) is 68.6 cm³/mol. The summed E-state index contributed by atoms with van der Waals surface area (Å²) in [5.41, 5.74) is 1.60. The van der Waals surface area contributed by atoms with Crippen LogP contribution in [0, 0.1) is 0 Å². The van der Waals surface area contributed by atoms with Crippen molar-refractivity contribution in [1.29, 1.82) is 0 Å². The van der Waals surface area contributed by atoms with Crippen molar-refractivity contribution in [2.24, 2.45) is 0 Å². The zero-order chi connectivity index (χ0) is 11.7. The number of hydrogen-bond donors (Lipinski definition) is 1. The van der Waals surface area contributed by atoms with Crippen LogP contribution in [0.3, 0.4) is 0 Å². The van der Waals surface area contributed by atoms with Crippen LogP contribution in [-0.4, -0.2) is 5.11 Å². The summed E-state index contributed by atoms with van der Waals surface area (Å²) in [5, 5.41) is 10.1. The summed E-state index contributed by atoms with van der Waals surface area (Å²) in [4.78, 5) is 0. The fourth-order valence-corrected chi connectivity index (χ4v) is 2.12. The molecule has 2 rings (SSSR count). The van der Waals surface area contributed by atoms with Crippen LogP contribution in [-0.2, 0) is 0 Å². The van der Waals surface area contributed by atoms with E-state index in [-0.39, 0.29) is 15.8 Å². The Morgan fingerprint density at radius 3 is 2.12 bits per heavy atom. The van der Waals surface area contributed by atoms with Gasteiger partial charge < -0.3 is 5.11 Å². The number of halogens is 3. The molecule has 0 bridgehead atoms. The van der Waals surface area contributed by atoms with Crippen LogP contribution in [0.25, 0.3) is 11.1 Å². The summed E-state index contributed by atoms with van der Waals surface area (Å²) in [6.07, 6.45) is 0. The number of phenols is 1. The molecular formula is C12H7Cl3O. The number of phenolic OH excluding ortho intramolecular Hbond substituents is 1. The van der Waals surface area contributed by atoms with Crippen molar-refractivity contribution in [2.75, 3.05) is 0 Å². The first kappa shape index (κ1) is 11.6. The van der Waals surface area contributed by atoms with Crippen LogP contribution >= 0.6 is 34.8 Å². The molecular weight excluding hydrogens is 266 g/mol. The molecule has 0 aromatic heterocycles. The molecule has 0 heterocycles. The van der Waals surface area contributed by atoms with Gasteiger partial charge in [0.1, 0.15) is 5.02 Å². The van der Waals surface area contributed by atoms with E-state index in [1.165, 1.54) is 0 Å². The molecule has 0 spiro atoms. The first-order valence-corrected chi connectivity index (χ1v) is 5.66. The fourth-order valence-electron chi connectivity index (χ4n) is 1.41. The Kier molecular flexibility index (Phi) is 3.29. The Morgan fingerprint density at radius 2 is 1.50 bits per heavy atom. The van der Waals surface area contributed by atoms with Crippen molar-refractivity contribution >= 4 is 34.8 Å². The quantitative estimate of drug-likeness (QED) is 0.723. The van der Waals surface area contributed by atoms with E-state index in [0.29, 0.717) is 10.6 Å². The molecule has 0 aliphatic heterocycles. The van der Waals surface area contributed by atoms with E-state index in [9.17, 15) is 5.11 Å². The SMILES string of the molecule is Oc1c(Cl)cc(-c2ccccc2)c(Cl)c1Cl. The highest BCUT2D eigenvalue weighted by molar-refractivity contribution is 6.46. The molecule has 0 saturated heterocycles. The van der Waals surface area contributed by atoms with Crippen LogP contribution < -0.4 is 0 Å². The third-order valence-electron chi connectivity index (χ3n) is 2.22. The van der Waals surface area contributed by atoms with Crippen molar-refractivity contribution in [3.63, 3.8) is 0 Å². The molecule has 0 aliphatic rings. The topological polar surface area (TPSA) is 20.2 Å². The third-order valence-corrected chi connectivity index (χ3v) is 3.36. The van der Waals surface area contributed by atoms with Gasteiger partial charge in [-0.15, -0.1) is 0 Å². The Hall–Kier alpha value is -0.890. The first-order valence-electron chi connectivity index (χ1n) is 4.53. The zero-order valence-corrected chi connectivity index (χ0v) is 10.3.